The topological polar surface area (TPSA) is 52.0 Å². The van der Waals surface area contributed by atoms with Crippen molar-refractivity contribution in [3.63, 3.8) is 0 Å². The second-order valence-corrected chi connectivity index (χ2v) is 2.86. The third kappa shape index (κ3) is 3.21. The van der Waals surface area contributed by atoms with Crippen LogP contribution in [0.1, 0.15) is 18.0 Å². The SMILES string of the molecule is Cl.NCC[C@H](N)c1ccc(F)c(F)c1. The molecule has 0 bridgehead atoms. The van der Waals surface area contributed by atoms with Crippen molar-refractivity contribution in [2.75, 3.05) is 6.54 Å². The average Bonchev–Trinajstić information content (AvgIpc) is 2.10. The molecule has 0 saturated carbocycles. The maximum absolute atomic E-state index is 12.7. The molecule has 0 spiro atoms. The van der Waals surface area contributed by atoms with Gasteiger partial charge in [0.2, 0.25) is 0 Å². The van der Waals surface area contributed by atoms with E-state index in [1.165, 1.54) is 6.07 Å². The molecule has 0 radical (unpaired) electrons. The molecule has 0 aliphatic carbocycles. The van der Waals surface area contributed by atoms with E-state index in [0.29, 0.717) is 18.5 Å². The van der Waals surface area contributed by atoms with Gasteiger partial charge in [0.15, 0.2) is 11.6 Å². The number of hydrogen-bond donors (Lipinski definition) is 2. The maximum Gasteiger partial charge on any atom is 0.159 e. The minimum atomic E-state index is -0.870. The molecule has 0 saturated heterocycles. The van der Waals surface area contributed by atoms with Gasteiger partial charge in [0.1, 0.15) is 0 Å². The van der Waals surface area contributed by atoms with Crippen molar-refractivity contribution in [1.82, 2.24) is 0 Å². The molecule has 1 aromatic carbocycles. The molecule has 80 valence electrons. The van der Waals surface area contributed by atoms with Gasteiger partial charge >= 0.3 is 0 Å². The van der Waals surface area contributed by atoms with Crippen LogP contribution in [0.2, 0.25) is 0 Å². The highest BCUT2D eigenvalue weighted by atomic mass is 35.5. The van der Waals surface area contributed by atoms with E-state index in [0.717, 1.165) is 12.1 Å². The summed E-state index contributed by atoms with van der Waals surface area (Å²) in [4.78, 5) is 0. The lowest BCUT2D eigenvalue weighted by atomic mass is 10.0. The summed E-state index contributed by atoms with van der Waals surface area (Å²) in [6.07, 6.45) is 0.561. The lowest BCUT2D eigenvalue weighted by molar-refractivity contribution is 0.504. The predicted octanol–water partition coefficient (Wildman–Crippen LogP) is 1.74. The Kier molecular flexibility index (Phi) is 5.60. The summed E-state index contributed by atoms with van der Waals surface area (Å²) in [6, 6.07) is 3.33. The van der Waals surface area contributed by atoms with Crippen molar-refractivity contribution in [3.8, 4) is 0 Å². The zero-order chi connectivity index (χ0) is 9.84. The second kappa shape index (κ2) is 5.90. The summed E-state index contributed by atoms with van der Waals surface area (Å²) in [5, 5.41) is 0. The molecule has 0 aliphatic rings. The Hall–Kier alpha value is -0.710. The first-order chi connectivity index (χ1) is 6.15. The number of halogens is 3. The zero-order valence-corrected chi connectivity index (χ0v) is 8.36. The second-order valence-electron chi connectivity index (χ2n) is 2.86. The fourth-order valence-electron chi connectivity index (χ4n) is 1.09. The van der Waals surface area contributed by atoms with Crippen LogP contribution in [-0.4, -0.2) is 6.54 Å². The molecule has 1 atom stereocenters. The van der Waals surface area contributed by atoms with Crippen molar-refractivity contribution in [2.45, 2.75) is 12.5 Å². The van der Waals surface area contributed by atoms with Crippen LogP contribution >= 0.6 is 12.4 Å². The van der Waals surface area contributed by atoms with Gasteiger partial charge in [-0.1, -0.05) is 6.07 Å². The summed E-state index contributed by atoms with van der Waals surface area (Å²) in [7, 11) is 0. The fourth-order valence-corrected chi connectivity index (χ4v) is 1.09. The van der Waals surface area contributed by atoms with Gasteiger partial charge in [-0.3, -0.25) is 0 Å². The summed E-state index contributed by atoms with van der Waals surface area (Å²) in [5.74, 6) is -1.73. The van der Waals surface area contributed by atoms with Crippen LogP contribution in [0.4, 0.5) is 8.78 Å². The summed E-state index contributed by atoms with van der Waals surface area (Å²) in [6.45, 7) is 0.431. The minimum Gasteiger partial charge on any atom is -0.330 e. The number of rotatable bonds is 3. The van der Waals surface area contributed by atoms with Crippen LogP contribution in [0.15, 0.2) is 18.2 Å². The molecule has 0 aliphatic heterocycles. The van der Waals surface area contributed by atoms with Crippen molar-refractivity contribution >= 4 is 12.4 Å². The standard InChI is InChI=1S/C9H12F2N2.ClH/c10-7-2-1-6(5-8(7)11)9(13)3-4-12;/h1-2,5,9H,3-4,12-13H2;1H/t9-;/m0./s1. The van der Waals surface area contributed by atoms with Crippen LogP contribution in [0.3, 0.4) is 0 Å². The van der Waals surface area contributed by atoms with Crippen LogP contribution in [0, 0.1) is 11.6 Å². The Morgan fingerprint density at radius 3 is 2.36 bits per heavy atom. The molecule has 1 rings (SSSR count). The van der Waals surface area contributed by atoms with Crippen molar-refractivity contribution in [3.05, 3.63) is 35.4 Å². The van der Waals surface area contributed by atoms with Gasteiger partial charge in [-0.2, -0.15) is 0 Å². The Morgan fingerprint density at radius 1 is 1.21 bits per heavy atom. The smallest absolute Gasteiger partial charge is 0.159 e. The van der Waals surface area contributed by atoms with E-state index < -0.39 is 11.6 Å². The molecule has 0 amide bonds. The summed E-state index contributed by atoms with van der Waals surface area (Å²) < 4.78 is 25.2. The first-order valence-corrected chi connectivity index (χ1v) is 4.05. The Bertz CT molecular complexity index is 294. The van der Waals surface area contributed by atoms with Crippen LogP contribution in [-0.2, 0) is 0 Å². The van der Waals surface area contributed by atoms with Crippen LogP contribution in [0.25, 0.3) is 0 Å². The Labute approximate surface area is 87.7 Å². The molecular formula is C9H13ClF2N2. The van der Waals surface area contributed by atoms with Gasteiger partial charge in [0, 0.05) is 6.04 Å². The molecule has 5 heteroatoms. The van der Waals surface area contributed by atoms with E-state index >= 15 is 0 Å². The lowest BCUT2D eigenvalue weighted by Crippen LogP contribution is -2.15. The van der Waals surface area contributed by atoms with Gasteiger partial charge in [0.05, 0.1) is 0 Å². The summed E-state index contributed by atoms with van der Waals surface area (Å²) in [5.41, 5.74) is 11.5. The van der Waals surface area contributed by atoms with E-state index in [-0.39, 0.29) is 18.4 Å². The number of nitrogens with two attached hydrogens (primary N) is 2. The molecule has 0 heterocycles. The summed E-state index contributed by atoms with van der Waals surface area (Å²) >= 11 is 0. The quantitative estimate of drug-likeness (QED) is 0.819. The highest BCUT2D eigenvalue weighted by Gasteiger charge is 2.08. The van der Waals surface area contributed by atoms with Crippen LogP contribution in [0.5, 0.6) is 0 Å². The van der Waals surface area contributed by atoms with Gasteiger partial charge in [-0.15, -0.1) is 12.4 Å². The van der Waals surface area contributed by atoms with E-state index in [4.69, 9.17) is 11.5 Å². The van der Waals surface area contributed by atoms with Gasteiger partial charge in [-0.05, 0) is 30.7 Å². The molecule has 14 heavy (non-hydrogen) atoms. The van der Waals surface area contributed by atoms with Crippen molar-refractivity contribution < 1.29 is 8.78 Å². The normalized spacial score (nSPS) is 12.0. The van der Waals surface area contributed by atoms with Gasteiger partial charge in [-0.25, -0.2) is 8.78 Å². The number of benzene rings is 1. The lowest BCUT2D eigenvalue weighted by Gasteiger charge is -2.10. The first kappa shape index (κ1) is 13.3. The van der Waals surface area contributed by atoms with Crippen molar-refractivity contribution in [2.24, 2.45) is 11.5 Å². The minimum absolute atomic E-state index is 0. The Balaban J connectivity index is 0.00000169. The molecule has 0 unspecified atom stereocenters. The van der Waals surface area contributed by atoms with E-state index in [9.17, 15) is 8.78 Å². The van der Waals surface area contributed by atoms with Gasteiger partial charge < -0.3 is 11.5 Å². The zero-order valence-electron chi connectivity index (χ0n) is 7.54. The predicted molar refractivity (Wildman–Crippen MR) is 54.2 cm³/mol. The molecule has 1 aromatic rings. The van der Waals surface area contributed by atoms with E-state index in [2.05, 4.69) is 0 Å². The Morgan fingerprint density at radius 2 is 1.86 bits per heavy atom. The van der Waals surface area contributed by atoms with E-state index in [1.54, 1.807) is 0 Å². The molecule has 2 nitrogen and oxygen atoms in total. The highest BCUT2D eigenvalue weighted by Crippen LogP contribution is 2.16. The highest BCUT2D eigenvalue weighted by molar-refractivity contribution is 5.85. The first-order valence-electron chi connectivity index (χ1n) is 4.05. The monoisotopic (exact) mass is 222 g/mol. The van der Waals surface area contributed by atoms with E-state index in [1.807, 2.05) is 0 Å². The fraction of sp³-hybridized carbons (Fsp3) is 0.333. The largest absolute Gasteiger partial charge is 0.330 e. The molecular weight excluding hydrogens is 210 g/mol. The number of hydrogen-bond acceptors (Lipinski definition) is 2. The van der Waals surface area contributed by atoms with Crippen molar-refractivity contribution in [1.29, 1.82) is 0 Å². The maximum atomic E-state index is 12.7. The molecule has 0 aromatic heterocycles. The van der Waals surface area contributed by atoms with Gasteiger partial charge in [0.25, 0.3) is 0 Å². The van der Waals surface area contributed by atoms with Crippen LogP contribution < -0.4 is 11.5 Å². The average molecular weight is 223 g/mol. The third-order valence-electron chi connectivity index (χ3n) is 1.85. The third-order valence-corrected chi connectivity index (χ3v) is 1.85. The molecule has 0 fully saturated rings. The molecule has 4 N–H and O–H groups in total.